The molecule has 132 valence electrons. The van der Waals surface area contributed by atoms with E-state index < -0.39 is 5.91 Å². The minimum atomic E-state index is -0.393. The van der Waals surface area contributed by atoms with Gasteiger partial charge in [0, 0.05) is 10.7 Å². The third kappa shape index (κ3) is 6.06. The van der Waals surface area contributed by atoms with Gasteiger partial charge in [-0.05, 0) is 59.3 Å². The highest BCUT2D eigenvalue weighted by Gasteiger charge is 2.12. The first-order valence-corrected chi connectivity index (χ1v) is 8.79. The monoisotopic (exact) mass is 470 g/mol. The van der Waals surface area contributed by atoms with Crippen LogP contribution in [0.1, 0.15) is 11.5 Å². The van der Waals surface area contributed by atoms with E-state index in [1.807, 2.05) is 19.1 Å². The fourth-order valence-electron chi connectivity index (χ4n) is 1.83. The van der Waals surface area contributed by atoms with Gasteiger partial charge in [0.1, 0.15) is 11.5 Å². The Morgan fingerprint density at radius 1 is 1.36 bits per heavy atom. The van der Waals surface area contributed by atoms with E-state index in [1.54, 1.807) is 24.3 Å². The number of benzene rings is 1. The molecule has 1 aromatic carbocycles. The van der Waals surface area contributed by atoms with Gasteiger partial charge >= 0.3 is 0 Å². The minimum absolute atomic E-state index is 0.199. The minimum Gasteiger partial charge on any atom is -0.493 e. The van der Waals surface area contributed by atoms with Crippen LogP contribution in [0.2, 0.25) is 0 Å². The largest absolute Gasteiger partial charge is 0.493 e. The van der Waals surface area contributed by atoms with Gasteiger partial charge in [-0.15, -0.1) is 0 Å². The highest BCUT2D eigenvalue weighted by Crippen LogP contribution is 2.38. The van der Waals surface area contributed by atoms with Crippen molar-refractivity contribution in [2.45, 2.75) is 6.92 Å². The van der Waals surface area contributed by atoms with Gasteiger partial charge in [-0.3, -0.25) is 4.79 Å². The van der Waals surface area contributed by atoms with Crippen LogP contribution in [0.5, 0.6) is 11.5 Å². The molecule has 0 saturated heterocycles. The molecule has 1 aromatic heterocycles. The van der Waals surface area contributed by atoms with Crippen LogP contribution in [0.25, 0.3) is 6.08 Å². The summed E-state index contributed by atoms with van der Waals surface area (Å²) in [5.41, 5.74) is 2.37. The number of amides is 1. The van der Waals surface area contributed by atoms with Gasteiger partial charge in [0.2, 0.25) is 0 Å². The van der Waals surface area contributed by atoms with Crippen LogP contribution in [0.4, 0.5) is 0 Å². The summed E-state index contributed by atoms with van der Waals surface area (Å²) in [7, 11) is 1.53. The standard InChI is InChI=1S/C17H16Br2N2O4/c1-11-5-6-13(25-11)4-3-7-20-21-16(22)10-24-17-14(19)8-12(18)9-15(17)23-2/h3-9H,10H2,1-2H3,(H,21,22). The third-order valence-electron chi connectivity index (χ3n) is 2.91. The Hall–Kier alpha value is -2.06. The first-order valence-electron chi connectivity index (χ1n) is 7.20. The Labute approximate surface area is 162 Å². The van der Waals surface area contributed by atoms with Crippen molar-refractivity contribution in [1.82, 2.24) is 5.43 Å². The fourth-order valence-corrected chi connectivity index (χ4v) is 3.13. The first kappa shape index (κ1) is 19.3. The molecule has 0 bridgehead atoms. The third-order valence-corrected chi connectivity index (χ3v) is 3.96. The number of allylic oxidation sites excluding steroid dienone is 1. The summed E-state index contributed by atoms with van der Waals surface area (Å²) in [6.45, 7) is 1.67. The Morgan fingerprint density at radius 2 is 2.16 bits per heavy atom. The molecule has 0 atom stereocenters. The topological polar surface area (TPSA) is 73.1 Å². The lowest BCUT2D eigenvalue weighted by Gasteiger charge is -2.12. The quantitative estimate of drug-likeness (QED) is 0.482. The summed E-state index contributed by atoms with van der Waals surface area (Å²) in [6, 6.07) is 7.26. The van der Waals surface area contributed by atoms with Crippen molar-refractivity contribution in [2.75, 3.05) is 13.7 Å². The molecule has 1 amide bonds. The van der Waals surface area contributed by atoms with Crippen LogP contribution >= 0.6 is 31.9 Å². The summed E-state index contributed by atoms with van der Waals surface area (Å²) in [4.78, 5) is 11.8. The Balaban J connectivity index is 1.83. The molecule has 0 aliphatic carbocycles. The number of halogens is 2. The number of hydrazone groups is 1. The molecule has 0 aliphatic rings. The number of aryl methyl sites for hydroxylation is 1. The second kappa shape index (κ2) is 9.43. The van der Waals surface area contributed by atoms with Crippen LogP contribution < -0.4 is 14.9 Å². The summed E-state index contributed by atoms with van der Waals surface area (Å²) in [5, 5.41) is 3.80. The molecule has 25 heavy (non-hydrogen) atoms. The molecule has 0 aliphatic heterocycles. The number of hydrogen-bond acceptors (Lipinski definition) is 5. The van der Waals surface area contributed by atoms with Gasteiger partial charge in [-0.1, -0.05) is 15.9 Å². The zero-order chi connectivity index (χ0) is 18.2. The van der Waals surface area contributed by atoms with E-state index in [4.69, 9.17) is 13.9 Å². The number of methoxy groups -OCH3 is 1. The normalized spacial score (nSPS) is 11.2. The summed E-state index contributed by atoms with van der Waals surface area (Å²) in [5.74, 6) is 2.10. The molecule has 0 fully saturated rings. The van der Waals surface area contributed by atoms with Gasteiger partial charge in [0.25, 0.3) is 5.91 Å². The second-order valence-electron chi connectivity index (χ2n) is 4.83. The Morgan fingerprint density at radius 3 is 2.84 bits per heavy atom. The molecule has 0 unspecified atom stereocenters. The number of carbonyl (C=O) groups is 1. The van der Waals surface area contributed by atoms with E-state index in [0.717, 1.165) is 10.2 Å². The average molecular weight is 472 g/mol. The lowest BCUT2D eigenvalue weighted by Crippen LogP contribution is -2.24. The molecular formula is C17H16Br2N2O4. The van der Waals surface area contributed by atoms with Crippen molar-refractivity contribution in [3.05, 3.63) is 50.8 Å². The van der Waals surface area contributed by atoms with Gasteiger partial charge < -0.3 is 13.9 Å². The maximum Gasteiger partial charge on any atom is 0.277 e. The molecule has 2 rings (SSSR count). The molecule has 1 heterocycles. The molecular weight excluding hydrogens is 456 g/mol. The van der Waals surface area contributed by atoms with Crippen LogP contribution in [0.3, 0.4) is 0 Å². The number of nitrogens with one attached hydrogen (secondary N) is 1. The van der Waals surface area contributed by atoms with Gasteiger partial charge in [0.05, 0.1) is 11.6 Å². The Bertz CT molecular complexity index is 800. The van der Waals surface area contributed by atoms with Crippen LogP contribution in [0, 0.1) is 6.92 Å². The van der Waals surface area contributed by atoms with Crippen LogP contribution in [0.15, 0.2) is 48.8 Å². The predicted octanol–water partition coefficient (Wildman–Crippen LogP) is 4.32. The van der Waals surface area contributed by atoms with E-state index in [2.05, 4.69) is 42.4 Å². The molecule has 6 nitrogen and oxygen atoms in total. The SMILES string of the molecule is COc1cc(Br)cc(Br)c1OCC(=O)NN=CC=Cc1ccc(C)o1. The van der Waals surface area contributed by atoms with Crippen molar-refractivity contribution >= 4 is 50.1 Å². The zero-order valence-corrected chi connectivity index (χ0v) is 16.8. The molecule has 2 aromatic rings. The summed E-state index contributed by atoms with van der Waals surface area (Å²) in [6.07, 6.45) is 4.85. The van der Waals surface area contributed by atoms with Gasteiger partial charge in [-0.25, -0.2) is 5.43 Å². The molecule has 0 radical (unpaired) electrons. The van der Waals surface area contributed by atoms with Crippen molar-refractivity contribution in [2.24, 2.45) is 5.10 Å². The number of carbonyl (C=O) groups excluding carboxylic acids is 1. The maximum atomic E-state index is 11.8. The number of nitrogens with zero attached hydrogens (tertiary/aromatic N) is 1. The van der Waals surface area contributed by atoms with E-state index >= 15 is 0 Å². The number of rotatable bonds is 7. The highest BCUT2D eigenvalue weighted by atomic mass is 79.9. The van der Waals surface area contributed by atoms with E-state index in [1.165, 1.54) is 13.3 Å². The average Bonchev–Trinajstić information content (AvgIpc) is 2.98. The predicted molar refractivity (Wildman–Crippen MR) is 103 cm³/mol. The summed E-state index contributed by atoms with van der Waals surface area (Å²) < 4.78 is 17.6. The lowest BCUT2D eigenvalue weighted by molar-refractivity contribution is -0.123. The highest BCUT2D eigenvalue weighted by molar-refractivity contribution is 9.11. The zero-order valence-electron chi connectivity index (χ0n) is 13.6. The van der Waals surface area contributed by atoms with E-state index in [-0.39, 0.29) is 6.61 Å². The van der Waals surface area contributed by atoms with Crippen molar-refractivity contribution in [3.63, 3.8) is 0 Å². The van der Waals surface area contributed by atoms with E-state index in [0.29, 0.717) is 21.7 Å². The second-order valence-corrected chi connectivity index (χ2v) is 6.60. The number of ether oxygens (including phenoxy) is 2. The smallest absolute Gasteiger partial charge is 0.277 e. The van der Waals surface area contributed by atoms with Crippen molar-refractivity contribution in [1.29, 1.82) is 0 Å². The maximum absolute atomic E-state index is 11.8. The first-order chi connectivity index (χ1) is 12.0. The van der Waals surface area contributed by atoms with Gasteiger partial charge in [-0.2, -0.15) is 5.10 Å². The Kier molecular flexibility index (Phi) is 7.27. The number of furan rings is 1. The molecule has 0 saturated carbocycles. The molecule has 1 N–H and O–H groups in total. The summed E-state index contributed by atoms with van der Waals surface area (Å²) >= 11 is 6.73. The van der Waals surface area contributed by atoms with Gasteiger partial charge in [0.15, 0.2) is 18.1 Å². The fraction of sp³-hybridized carbons (Fsp3) is 0.176. The number of hydrogen-bond donors (Lipinski definition) is 1. The van der Waals surface area contributed by atoms with Crippen LogP contribution in [-0.4, -0.2) is 25.8 Å². The lowest BCUT2D eigenvalue weighted by atomic mass is 10.3. The van der Waals surface area contributed by atoms with E-state index in [9.17, 15) is 4.79 Å². The van der Waals surface area contributed by atoms with Crippen molar-refractivity contribution in [3.8, 4) is 11.5 Å². The molecule has 0 spiro atoms. The van der Waals surface area contributed by atoms with Crippen molar-refractivity contribution < 1.29 is 18.7 Å². The molecule has 8 heteroatoms. The van der Waals surface area contributed by atoms with Crippen LogP contribution in [-0.2, 0) is 4.79 Å².